The number of benzene rings is 1. The van der Waals surface area contributed by atoms with Crippen LogP contribution in [0.2, 0.25) is 0 Å². The number of hydrogen-bond donors (Lipinski definition) is 0. The topological polar surface area (TPSA) is 0 Å². The Balaban J connectivity index is -0.000000213. The van der Waals surface area contributed by atoms with Crippen molar-refractivity contribution in [2.45, 2.75) is 13.3 Å². The van der Waals surface area contributed by atoms with Gasteiger partial charge in [0.25, 0.3) is 0 Å². The van der Waals surface area contributed by atoms with Gasteiger partial charge in [0, 0.05) is 98.1 Å². The summed E-state index contributed by atoms with van der Waals surface area (Å²) in [5, 5.41) is 0. The fourth-order valence-electron chi connectivity index (χ4n) is 0.650. The molecule has 0 atom stereocenters. The smallest absolute Gasteiger partial charge is 0 e. The van der Waals surface area contributed by atoms with E-state index in [0.29, 0.717) is 0 Å². The van der Waals surface area contributed by atoms with E-state index in [-0.39, 0.29) is 98.1 Å². The normalized spacial score (nSPS) is 6.64. The fraction of sp³-hybridized carbons (Fsp3) is 0.250. The van der Waals surface area contributed by atoms with Crippen molar-refractivity contribution in [1.82, 2.24) is 0 Å². The molecular formula is C8H9Y3-. The second kappa shape index (κ2) is 12.5. The number of hydrogen-bond acceptors (Lipinski definition) is 0. The van der Waals surface area contributed by atoms with Crippen LogP contribution in [0.25, 0.3) is 0 Å². The van der Waals surface area contributed by atoms with Crippen molar-refractivity contribution in [3.63, 3.8) is 0 Å². The van der Waals surface area contributed by atoms with E-state index in [0.717, 1.165) is 6.42 Å². The zero-order valence-corrected chi connectivity index (χ0v) is 15.3. The van der Waals surface area contributed by atoms with E-state index in [4.69, 9.17) is 0 Å². The Labute approximate surface area is 144 Å². The van der Waals surface area contributed by atoms with E-state index in [1.807, 2.05) is 18.2 Å². The average Bonchev–Trinajstić information content (AvgIpc) is 1.90. The van der Waals surface area contributed by atoms with Crippen LogP contribution in [0.3, 0.4) is 0 Å². The Kier molecular flexibility index (Phi) is 21.8. The second-order valence-electron chi connectivity index (χ2n) is 1.74. The molecule has 0 amide bonds. The standard InChI is InChI=1S/C8H9.3Y/c1-2-8-6-4-3-5-7-8;;;/h3-6H,2H2,1H3;;;/q-1;;;. The van der Waals surface area contributed by atoms with Crippen LogP contribution in [0.15, 0.2) is 24.3 Å². The molecule has 1 rings (SSSR count). The molecule has 1 aromatic rings. The summed E-state index contributed by atoms with van der Waals surface area (Å²) in [4.78, 5) is 0. The fourth-order valence-corrected chi connectivity index (χ4v) is 0.650. The first-order valence-electron chi connectivity index (χ1n) is 2.89. The molecule has 0 saturated carbocycles. The van der Waals surface area contributed by atoms with Gasteiger partial charge in [-0.25, -0.2) is 0 Å². The van der Waals surface area contributed by atoms with Crippen LogP contribution in [-0.4, -0.2) is 0 Å². The summed E-state index contributed by atoms with van der Waals surface area (Å²) < 4.78 is 0. The van der Waals surface area contributed by atoms with E-state index >= 15 is 0 Å². The summed E-state index contributed by atoms with van der Waals surface area (Å²) in [6.07, 6.45) is 1.08. The summed E-state index contributed by atoms with van der Waals surface area (Å²) >= 11 is 0. The Bertz CT molecular complexity index is 151. The van der Waals surface area contributed by atoms with Crippen molar-refractivity contribution < 1.29 is 98.1 Å². The molecule has 3 heteroatoms. The molecule has 0 aromatic heterocycles. The van der Waals surface area contributed by atoms with E-state index in [1.54, 1.807) is 0 Å². The number of rotatable bonds is 1. The van der Waals surface area contributed by atoms with Crippen LogP contribution in [0, 0.1) is 6.07 Å². The molecule has 0 aliphatic rings. The molecule has 0 bridgehead atoms. The molecule has 0 heterocycles. The molecule has 51 valence electrons. The molecule has 0 fully saturated rings. The van der Waals surface area contributed by atoms with Crippen molar-refractivity contribution >= 4 is 0 Å². The quantitative estimate of drug-likeness (QED) is 0.663. The molecule has 0 unspecified atom stereocenters. The largest absolute Gasteiger partial charge is 0.180 e. The Hall–Kier alpha value is 2.53. The van der Waals surface area contributed by atoms with Crippen LogP contribution in [0.1, 0.15) is 12.5 Å². The van der Waals surface area contributed by atoms with Crippen LogP contribution in [0.5, 0.6) is 0 Å². The van der Waals surface area contributed by atoms with Gasteiger partial charge in [0.15, 0.2) is 0 Å². The first-order valence-corrected chi connectivity index (χ1v) is 2.89. The maximum atomic E-state index is 3.12. The third kappa shape index (κ3) is 8.85. The molecule has 11 heavy (non-hydrogen) atoms. The van der Waals surface area contributed by atoms with E-state index < -0.39 is 0 Å². The number of aryl methyl sites for hydroxylation is 1. The minimum absolute atomic E-state index is 0. The molecule has 0 nitrogen and oxygen atoms in total. The zero-order chi connectivity index (χ0) is 5.82. The minimum atomic E-state index is 0. The van der Waals surface area contributed by atoms with Gasteiger partial charge in [0.05, 0.1) is 0 Å². The van der Waals surface area contributed by atoms with E-state index in [1.165, 1.54) is 5.56 Å². The Morgan fingerprint density at radius 1 is 1.18 bits per heavy atom. The van der Waals surface area contributed by atoms with Gasteiger partial charge in [-0.05, 0) is 0 Å². The van der Waals surface area contributed by atoms with Gasteiger partial charge in [-0.3, -0.25) is 0 Å². The van der Waals surface area contributed by atoms with Gasteiger partial charge in [-0.1, -0.05) is 13.3 Å². The molecule has 3 radical (unpaired) electrons. The van der Waals surface area contributed by atoms with Crippen molar-refractivity contribution in [2.24, 2.45) is 0 Å². The molecule has 0 N–H and O–H groups in total. The first kappa shape index (κ1) is 19.2. The maximum absolute atomic E-state index is 3.12. The van der Waals surface area contributed by atoms with Crippen LogP contribution < -0.4 is 0 Å². The zero-order valence-electron chi connectivity index (χ0n) is 6.75. The minimum Gasteiger partial charge on any atom is -0.180 e. The molecule has 1 aromatic carbocycles. The van der Waals surface area contributed by atoms with Crippen molar-refractivity contribution in [3.05, 3.63) is 35.9 Å². The van der Waals surface area contributed by atoms with Gasteiger partial charge in [0.2, 0.25) is 0 Å². The van der Waals surface area contributed by atoms with Gasteiger partial charge in [0.1, 0.15) is 0 Å². The van der Waals surface area contributed by atoms with Crippen LogP contribution in [-0.2, 0) is 105 Å². The van der Waals surface area contributed by atoms with Gasteiger partial charge < -0.3 is 0 Å². The molecule has 0 saturated heterocycles. The van der Waals surface area contributed by atoms with Gasteiger partial charge in [-0.2, -0.15) is 35.9 Å². The van der Waals surface area contributed by atoms with Crippen LogP contribution >= 0.6 is 0 Å². The summed E-state index contributed by atoms with van der Waals surface area (Å²) in [6, 6.07) is 11.2. The van der Waals surface area contributed by atoms with Crippen molar-refractivity contribution in [3.8, 4) is 0 Å². The second-order valence-corrected chi connectivity index (χ2v) is 1.74. The van der Waals surface area contributed by atoms with Gasteiger partial charge in [-0.15, -0.1) is 0 Å². The molecule has 0 spiro atoms. The third-order valence-corrected chi connectivity index (χ3v) is 1.15. The van der Waals surface area contributed by atoms with Crippen molar-refractivity contribution in [2.75, 3.05) is 0 Å². The third-order valence-electron chi connectivity index (χ3n) is 1.15. The summed E-state index contributed by atoms with van der Waals surface area (Å²) in [7, 11) is 0. The predicted octanol–water partition coefficient (Wildman–Crippen LogP) is 2.04. The SMILES string of the molecule is CCc1[c-]cccc1.[Y].[Y].[Y]. The molecule has 0 aliphatic carbocycles. The van der Waals surface area contributed by atoms with Crippen LogP contribution in [0.4, 0.5) is 0 Å². The predicted molar refractivity (Wildman–Crippen MR) is 34.7 cm³/mol. The summed E-state index contributed by atoms with van der Waals surface area (Å²) in [5.74, 6) is 0. The van der Waals surface area contributed by atoms with Gasteiger partial charge >= 0.3 is 0 Å². The molecule has 0 aliphatic heterocycles. The Morgan fingerprint density at radius 3 is 2.09 bits per heavy atom. The molecular weight excluding hydrogens is 363 g/mol. The monoisotopic (exact) mass is 372 g/mol. The Morgan fingerprint density at radius 2 is 1.82 bits per heavy atom. The van der Waals surface area contributed by atoms with E-state index in [2.05, 4.69) is 19.1 Å². The maximum Gasteiger partial charge on any atom is 0 e. The average molecular weight is 372 g/mol. The summed E-state index contributed by atoms with van der Waals surface area (Å²) in [5.41, 5.74) is 1.28. The van der Waals surface area contributed by atoms with E-state index in [9.17, 15) is 0 Å². The first-order chi connectivity index (χ1) is 3.93. The summed E-state index contributed by atoms with van der Waals surface area (Å²) in [6.45, 7) is 2.13. The van der Waals surface area contributed by atoms with Crippen molar-refractivity contribution in [1.29, 1.82) is 0 Å².